The number of ether oxygens (including phenoxy) is 1. The molecule has 0 atom stereocenters. The summed E-state index contributed by atoms with van der Waals surface area (Å²) in [6.07, 6.45) is 2.65. The topological polar surface area (TPSA) is 13.6 Å². The zero-order valence-corrected chi connectivity index (χ0v) is 9.22. The average molecular weight is 238 g/mol. The highest BCUT2D eigenvalue weighted by Crippen LogP contribution is 2.33. The van der Waals surface area contributed by atoms with E-state index >= 15 is 0 Å². The lowest BCUT2D eigenvalue weighted by Gasteiger charge is -2.15. The van der Waals surface area contributed by atoms with Gasteiger partial charge in [0.05, 0.1) is 19.8 Å². The summed E-state index contributed by atoms with van der Waals surface area (Å²) in [4.78, 5) is 3.12. The molecule has 0 bridgehead atoms. The molecule has 82 valence electrons. The first kappa shape index (κ1) is 11.1. The first-order valence-corrected chi connectivity index (χ1v) is 5.24. The summed E-state index contributed by atoms with van der Waals surface area (Å²) in [5, 5.41) is 0.345. The van der Waals surface area contributed by atoms with Crippen molar-refractivity contribution in [3.05, 3.63) is 46.0 Å². The Morgan fingerprint density at radius 3 is 2.88 bits per heavy atom. The van der Waals surface area contributed by atoms with Gasteiger partial charge >= 0.3 is 0 Å². The van der Waals surface area contributed by atoms with Crippen molar-refractivity contribution < 1.29 is 9.13 Å². The fourth-order valence-corrected chi connectivity index (χ4v) is 1.91. The maximum Gasteiger partial charge on any atom is 0.222 e. The molecule has 0 fully saturated rings. The zero-order valence-electron chi connectivity index (χ0n) is 8.46. The van der Waals surface area contributed by atoms with Gasteiger partial charge in [0.25, 0.3) is 0 Å². The minimum Gasteiger partial charge on any atom is -0.377 e. The molecule has 0 aromatic heterocycles. The second-order valence-electron chi connectivity index (χ2n) is 3.45. The Hall–Kier alpha value is -1.37. The van der Waals surface area contributed by atoms with Gasteiger partial charge in [0.1, 0.15) is 5.82 Å². The molecule has 1 aliphatic heterocycles. The molecule has 0 amide bonds. The van der Waals surface area contributed by atoms with Gasteiger partial charge < -0.3 is 4.74 Å². The fourth-order valence-electron chi connectivity index (χ4n) is 1.64. The molecule has 0 aliphatic carbocycles. The van der Waals surface area contributed by atoms with Crippen LogP contribution in [0.25, 0.3) is 10.4 Å². The van der Waals surface area contributed by atoms with E-state index in [-0.39, 0.29) is 5.69 Å². The van der Waals surface area contributed by atoms with Crippen LogP contribution in [0.1, 0.15) is 12.0 Å². The van der Waals surface area contributed by atoms with Crippen LogP contribution in [0.2, 0.25) is 5.02 Å². The molecule has 4 heteroatoms. The van der Waals surface area contributed by atoms with Crippen molar-refractivity contribution in [3.63, 3.8) is 0 Å². The minimum atomic E-state index is -0.573. The summed E-state index contributed by atoms with van der Waals surface area (Å²) in [7, 11) is 0. The molecule has 2 nitrogen and oxygen atoms in total. The maximum atomic E-state index is 13.3. The van der Waals surface area contributed by atoms with Crippen molar-refractivity contribution in [2.75, 3.05) is 13.2 Å². The summed E-state index contributed by atoms with van der Waals surface area (Å²) >= 11 is 5.97. The number of nitrogens with zero attached hydrogens (tertiary/aromatic N) is 1. The Kier molecular flexibility index (Phi) is 3.23. The van der Waals surface area contributed by atoms with Gasteiger partial charge in [-0.1, -0.05) is 17.7 Å². The first-order valence-electron chi connectivity index (χ1n) is 4.86. The normalized spacial score (nSPS) is 15.4. The Bertz CT molecular complexity index is 491. The van der Waals surface area contributed by atoms with Crippen LogP contribution in [0, 0.1) is 12.4 Å². The molecule has 1 heterocycles. The molecular weight excluding hydrogens is 229 g/mol. The van der Waals surface area contributed by atoms with Gasteiger partial charge in [-0.05, 0) is 29.7 Å². The van der Waals surface area contributed by atoms with Crippen LogP contribution >= 0.6 is 11.6 Å². The summed E-state index contributed by atoms with van der Waals surface area (Å²) < 4.78 is 18.4. The van der Waals surface area contributed by atoms with Gasteiger partial charge in [-0.3, -0.25) is 0 Å². The van der Waals surface area contributed by atoms with Gasteiger partial charge in [-0.2, -0.15) is 0 Å². The molecule has 0 N–H and O–H groups in total. The van der Waals surface area contributed by atoms with Crippen molar-refractivity contribution in [2.24, 2.45) is 0 Å². The van der Waals surface area contributed by atoms with Gasteiger partial charge in [-0.25, -0.2) is 9.24 Å². The fraction of sp³-hybridized carbons (Fsp3) is 0.250. The van der Waals surface area contributed by atoms with Crippen LogP contribution in [-0.2, 0) is 4.74 Å². The van der Waals surface area contributed by atoms with Crippen LogP contribution in [0.4, 0.5) is 10.1 Å². The van der Waals surface area contributed by atoms with Crippen LogP contribution in [-0.4, -0.2) is 13.2 Å². The third-order valence-electron chi connectivity index (χ3n) is 2.47. The van der Waals surface area contributed by atoms with Gasteiger partial charge in [0, 0.05) is 5.02 Å². The standard InChI is InChI=1S/C12H9ClFNO/c1-15-12-6-9(10(13)7-11(12)14)8-2-4-16-5-3-8/h2,6-7H,3-5H2. The second-order valence-corrected chi connectivity index (χ2v) is 3.86. The highest BCUT2D eigenvalue weighted by atomic mass is 35.5. The van der Waals surface area contributed by atoms with E-state index in [1.54, 1.807) is 0 Å². The number of benzene rings is 1. The SMILES string of the molecule is [C-]#[N+]c1cc(C2=CCOCC2)c(Cl)cc1F. The van der Waals surface area contributed by atoms with E-state index < -0.39 is 5.82 Å². The Labute approximate surface area is 98.1 Å². The van der Waals surface area contributed by atoms with E-state index in [4.69, 9.17) is 22.9 Å². The van der Waals surface area contributed by atoms with Crippen molar-refractivity contribution in [3.8, 4) is 0 Å². The molecule has 0 saturated carbocycles. The zero-order chi connectivity index (χ0) is 11.5. The van der Waals surface area contributed by atoms with E-state index in [1.165, 1.54) is 12.1 Å². The highest BCUT2D eigenvalue weighted by molar-refractivity contribution is 6.32. The Morgan fingerprint density at radius 1 is 1.44 bits per heavy atom. The van der Waals surface area contributed by atoms with E-state index in [2.05, 4.69) is 4.85 Å². The van der Waals surface area contributed by atoms with Crippen LogP contribution in [0.3, 0.4) is 0 Å². The van der Waals surface area contributed by atoms with E-state index in [0.29, 0.717) is 18.2 Å². The number of hydrogen-bond donors (Lipinski definition) is 0. The monoisotopic (exact) mass is 237 g/mol. The van der Waals surface area contributed by atoms with E-state index in [9.17, 15) is 4.39 Å². The first-order chi connectivity index (χ1) is 7.72. The lowest BCUT2D eigenvalue weighted by Crippen LogP contribution is -2.04. The largest absolute Gasteiger partial charge is 0.377 e. The van der Waals surface area contributed by atoms with Gasteiger partial charge in [0.15, 0.2) is 0 Å². The van der Waals surface area contributed by atoms with Crippen molar-refractivity contribution in [2.45, 2.75) is 6.42 Å². The van der Waals surface area contributed by atoms with Crippen LogP contribution in [0.15, 0.2) is 18.2 Å². The molecular formula is C12H9ClFNO. The van der Waals surface area contributed by atoms with Crippen LogP contribution in [0.5, 0.6) is 0 Å². The third-order valence-corrected chi connectivity index (χ3v) is 2.78. The molecule has 0 radical (unpaired) electrons. The number of rotatable bonds is 1. The molecule has 2 rings (SSSR count). The maximum absolute atomic E-state index is 13.3. The molecule has 1 aromatic rings. The van der Waals surface area contributed by atoms with E-state index in [0.717, 1.165) is 17.6 Å². The predicted octanol–water partition coefficient (Wildman–Crippen LogP) is 3.83. The Morgan fingerprint density at radius 2 is 2.25 bits per heavy atom. The van der Waals surface area contributed by atoms with Gasteiger partial charge in [-0.15, -0.1) is 0 Å². The summed E-state index contributed by atoms with van der Waals surface area (Å²) in [6, 6.07) is 2.70. The van der Waals surface area contributed by atoms with Crippen LogP contribution < -0.4 is 0 Å². The van der Waals surface area contributed by atoms with Crippen molar-refractivity contribution in [1.82, 2.24) is 0 Å². The Balaban J connectivity index is 2.48. The lowest BCUT2D eigenvalue weighted by atomic mass is 10.0. The molecule has 0 unspecified atom stereocenters. The van der Waals surface area contributed by atoms with Gasteiger partial charge in [0.2, 0.25) is 5.69 Å². The summed E-state index contributed by atoms with van der Waals surface area (Å²) in [5.41, 5.74) is 1.75. The van der Waals surface area contributed by atoms with Crippen molar-refractivity contribution in [1.29, 1.82) is 0 Å². The van der Waals surface area contributed by atoms with E-state index in [1.807, 2.05) is 6.08 Å². The predicted molar refractivity (Wildman–Crippen MR) is 61.1 cm³/mol. The molecule has 0 spiro atoms. The average Bonchev–Trinajstić information content (AvgIpc) is 2.30. The third kappa shape index (κ3) is 2.08. The molecule has 1 aliphatic rings. The quantitative estimate of drug-likeness (QED) is 0.677. The molecule has 0 saturated heterocycles. The lowest BCUT2D eigenvalue weighted by molar-refractivity contribution is 0.161. The van der Waals surface area contributed by atoms with Crippen molar-refractivity contribution >= 4 is 22.9 Å². The second kappa shape index (κ2) is 4.65. The highest BCUT2D eigenvalue weighted by Gasteiger charge is 2.13. The number of halogens is 2. The number of hydrogen-bond acceptors (Lipinski definition) is 1. The summed E-state index contributed by atoms with van der Waals surface area (Å²) in [6.45, 7) is 8.03. The minimum absolute atomic E-state index is 0.00629. The summed E-state index contributed by atoms with van der Waals surface area (Å²) in [5.74, 6) is -0.573. The molecule has 1 aromatic carbocycles. The smallest absolute Gasteiger partial charge is 0.222 e. The molecule has 16 heavy (non-hydrogen) atoms.